The third kappa shape index (κ3) is 8.80. The predicted molar refractivity (Wildman–Crippen MR) is 139 cm³/mol. The third-order valence-electron chi connectivity index (χ3n) is 7.14. The molecule has 2 aliphatic heterocycles. The number of carboxylic acid groups (broad SMARTS) is 1. The molecule has 3 atom stereocenters. The molecule has 2 aliphatic rings. The van der Waals surface area contributed by atoms with Gasteiger partial charge in [0.1, 0.15) is 0 Å². The van der Waals surface area contributed by atoms with Gasteiger partial charge >= 0.3 is 12.1 Å². The van der Waals surface area contributed by atoms with E-state index >= 15 is 0 Å². The molecule has 2 fully saturated rings. The van der Waals surface area contributed by atoms with Gasteiger partial charge in [0.2, 0.25) is 0 Å². The van der Waals surface area contributed by atoms with Gasteiger partial charge in [-0.05, 0) is 74.6 Å². The zero-order valence-electron chi connectivity index (χ0n) is 21.3. The van der Waals surface area contributed by atoms with E-state index in [2.05, 4.69) is 5.32 Å². The average Bonchev–Trinajstić information content (AvgIpc) is 3.14. The van der Waals surface area contributed by atoms with E-state index in [1.165, 1.54) is 17.9 Å². The smallest absolute Gasteiger partial charge is 0.404 e. The second-order valence-electron chi connectivity index (χ2n) is 9.93. The van der Waals surface area contributed by atoms with Crippen LogP contribution in [0.5, 0.6) is 0 Å². The SMILES string of the molecule is Cc1ccc(Cl)cc1C(OCCNC(=O)O)C1CCCN(C(=O)N(N)CCCC2CCCCOC2)C1. The molecule has 4 N–H and O–H groups in total. The number of hydrazine groups is 1. The first-order chi connectivity index (χ1) is 17.3. The van der Waals surface area contributed by atoms with E-state index in [0.29, 0.717) is 30.6 Å². The van der Waals surface area contributed by atoms with Gasteiger partial charge in [-0.3, -0.25) is 5.01 Å². The number of nitrogens with one attached hydrogen (secondary N) is 1. The van der Waals surface area contributed by atoms with Crippen LogP contribution in [0.25, 0.3) is 0 Å². The van der Waals surface area contributed by atoms with E-state index in [1.807, 2.05) is 30.0 Å². The van der Waals surface area contributed by atoms with Crippen LogP contribution in [0.4, 0.5) is 9.59 Å². The number of carbonyl (C=O) groups excluding carboxylic acids is 1. The van der Waals surface area contributed by atoms with Gasteiger partial charge in [0.05, 0.1) is 12.7 Å². The molecule has 0 radical (unpaired) electrons. The molecule has 3 amide bonds. The average molecular weight is 525 g/mol. The lowest BCUT2D eigenvalue weighted by molar-refractivity contribution is -0.0109. The number of carbonyl (C=O) groups is 2. The lowest BCUT2D eigenvalue weighted by atomic mass is 9.86. The minimum atomic E-state index is -1.09. The molecule has 2 heterocycles. The van der Waals surface area contributed by atoms with Crippen molar-refractivity contribution in [2.24, 2.45) is 17.7 Å². The highest BCUT2D eigenvalue weighted by atomic mass is 35.5. The summed E-state index contributed by atoms with van der Waals surface area (Å²) >= 11 is 6.30. The normalized spacial score (nSPS) is 21.5. The molecule has 1 aromatic rings. The molecule has 3 unspecified atom stereocenters. The maximum absolute atomic E-state index is 13.2. The first-order valence-corrected chi connectivity index (χ1v) is 13.5. The van der Waals surface area contributed by atoms with Crippen molar-refractivity contribution in [2.75, 3.05) is 46.0 Å². The molecule has 0 aliphatic carbocycles. The first-order valence-electron chi connectivity index (χ1n) is 13.1. The predicted octanol–water partition coefficient (Wildman–Crippen LogP) is 4.58. The van der Waals surface area contributed by atoms with Crippen molar-refractivity contribution in [3.05, 3.63) is 34.3 Å². The van der Waals surface area contributed by atoms with Crippen LogP contribution in [-0.4, -0.2) is 73.1 Å². The molecular formula is C26H41ClN4O5. The molecule has 202 valence electrons. The number of benzene rings is 1. The fourth-order valence-electron chi connectivity index (χ4n) is 5.20. The van der Waals surface area contributed by atoms with E-state index in [1.54, 1.807) is 0 Å². The van der Waals surface area contributed by atoms with Crippen LogP contribution in [0.2, 0.25) is 5.02 Å². The number of hydrogen-bond donors (Lipinski definition) is 3. The Morgan fingerprint density at radius 1 is 1.33 bits per heavy atom. The zero-order chi connectivity index (χ0) is 25.9. The molecule has 0 saturated carbocycles. The molecule has 1 aromatic carbocycles. The van der Waals surface area contributed by atoms with Gasteiger partial charge in [0.15, 0.2) is 0 Å². The minimum Gasteiger partial charge on any atom is -0.465 e. The summed E-state index contributed by atoms with van der Waals surface area (Å²) in [4.78, 5) is 25.8. The Hall–Kier alpha value is -2.07. The Labute approximate surface area is 219 Å². The molecule has 10 heteroatoms. The number of amides is 3. The van der Waals surface area contributed by atoms with Gasteiger partial charge in [-0.1, -0.05) is 24.1 Å². The van der Waals surface area contributed by atoms with Crippen molar-refractivity contribution < 1.29 is 24.2 Å². The lowest BCUT2D eigenvalue weighted by Gasteiger charge is -2.38. The summed E-state index contributed by atoms with van der Waals surface area (Å²) in [5.74, 6) is 6.79. The molecule has 2 saturated heterocycles. The van der Waals surface area contributed by atoms with Crippen molar-refractivity contribution in [1.29, 1.82) is 0 Å². The van der Waals surface area contributed by atoms with Gasteiger partial charge < -0.3 is 24.8 Å². The Kier molecular flexibility index (Phi) is 11.6. The summed E-state index contributed by atoms with van der Waals surface area (Å²) in [6.07, 6.45) is 5.72. The second-order valence-corrected chi connectivity index (χ2v) is 10.4. The van der Waals surface area contributed by atoms with Crippen LogP contribution in [0.15, 0.2) is 18.2 Å². The van der Waals surface area contributed by atoms with Gasteiger partial charge in [0.25, 0.3) is 0 Å². The first kappa shape index (κ1) is 28.5. The van der Waals surface area contributed by atoms with Crippen molar-refractivity contribution in [2.45, 2.75) is 58.0 Å². The number of halogens is 1. The molecule has 36 heavy (non-hydrogen) atoms. The Bertz CT molecular complexity index is 850. The number of urea groups is 1. The standard InChI is InChI=1S/C26H41ClN4O5/c1-19-9-10-22(27)16-23(19)24(36-15-11-29-25(32)33)21-8-5-12-30(17-21)26(34)31(28)13-4-7-20-6-2-3-14-35-18-20/h9-10,16,20-21,24,29H,2-8,11-15,17-18,28H2,1H3,(H,32,33). The summed E-state index contributed by atoms with van der Waals surface area (Å²) in [5.41, 5.74) is 2.01. The van der Waals surface area contributed by atoms with Crippen LogP contribution in [0.3, 0.4) is 0 Å². The highest BCUT2D eigenvalue weighted by molar-refractivity contribution is 6.30. The Morgan fingerprint density at radius 2 is 2.17 bits per heavy atom. The summed E-state index contributed by atoms with van der Waals surface area (Å²) in [6.45, 7) is 5.76. The number of likely N-dealkylation sites (tertiary alicyclic amines) is 1. The van der Waals surface area contributed by atoms with E-state index in [4.69, 9.17) is 32.0 Å². The highest BCUT2D eigenvalue weighted by Gasteiger charge is 2.33. The van der Waals surface area contributed by atoms with E-state index < -0.39 is 6.09 Å². The number of nitrogens with zero attached hydrogens (tertiary/aromatic N) is 2. The highest BCUT2D eigenvalue weighted by Crippen LogP contribution is 2.36. The van der Waals surface area contributed by atoms with E-state index in [0.717, 1.165) is 56.4 Å². The molecule has 0 spiro atoms. The Morgan fingerprint density at radius 3 is 2.97 bits per heavy atom. The van der Waals surface area contributed by atoms with Gasteiger partial charge in [-0.15, -0.1) is 0 Å². The topological polar surface area (TPSA) is 117 Å². The van der Waals surface area contributed by atoms with Crippen LogP contribution in [0.1, 0.15) is 62.2 Å². The maximum Gasteiger partial charge on any atom is 0.404 e. The molecule has 9 nitrogen and oxygen atoms in total. The molecule has 0 aromatic heterocycles. The fourth-order valence-corrected chi connectivity index (χ4v) is 5.38. The van der Waals surface area contributed by atoms with Gasteiger partial charge in [-0.2, -0.15) is 0 Å². The number of piperidine rings is 1. The van der Waals surface area contributed by atoms with Crippen molar-refractivity contribution in [3.8, 4) is 0 Å². The van der Waals surface area contributed by atoms with Crippen molar-refractivity contribution in [1.82, 2.24) is 15.2 Å². The summed E-state index contributed by atoms with van der Waals surface area (Å²) in [5, 5.41) is 13.2. The minimum absolute atomic E-state index is 0.0428. The second kappa shape index (κ2) is 14.6. The van der Waals surface area contributed by atoms with Crippen LogP contribution in [-0.2, 0) is 9.47 Å². The number of rotatable bonds is 10. The monoisotopic (exact) mass is 524 g/mol. The Balaban J connectivity index is 1.59. The summed E-state index contributed by atoms with van der Waals surface area (Å²) < 4.78 is 11.9. The lowest BCUT2D eigenvalue weighted by Crippen LogP contribution is -2.51. The van der Waals surface area contributed by atoms with Crippen LogP contribution < -0.4 is 11.2 Å². The summed E-state index contributed by atoms with van der Waals surface area (Å²) in [6, 6.07) is 5.54. The summed E-state index contributed by atoms with van der Waals surface area (Å²) in [7, 11) is 0. The number of hydrogen-bond acceptors (Lipinski definition) is 5. The van der Waals surface area contributed by atoms with Crippen LogP contribution in [0, 0.1) is 18.8 Å². The maximum atomic E-state index is 13.2. The number of ether oxygens (including phenoxy) is 2. The van der Waals surface area contributed by atoms with Gasteiger partial charge in [-0.25, -0.2) is 15.4 Å². The van der Waals surface area contributed by atoms with Crippen LogP contribution >= 0.6 is 11.6 Å². The van der Waals surface area contributed by atoms with E-state index in [9.17, 15) is 9.59 Å². The molecule has 3 rings (SSSR count). The largest absolute Gasteiger partial charge is 0.465 e. The fraction of sp³-hybridized carbons (Fsp3) is 0.692. The zero-order valence-corrected chi connectivity index (χ0v) is 22.0. The number of nitrogens with two attached hydrogens (primary N) is 1. The molecule has 0 bridgehead atoms. The third-order valence-corrected chi connectivity index (χ3v) is 7.38. The van der Waals surface area contributed by atoms with Crippen molar-refractivity contribution >= 4 is 23.7 Å². The van der Waals surface area contributed by atoms with E-state index in [-0.39, 0.29) is 31.2 Å². The van der Waals surface area contributed by atoms with Gasteiger partial charge in [0, 0.05) is 50.3 Å². The molecular weight excluding hydrogens is 484 g/mol. The number of aryl methyl sites for hydroxylation is 1. The quantitative estimate of drug-likeness (QED) is 0.178. The van der Waals surface area contributed by atoms with Crippen molar-refractivity contribution in [3.63, 3.8) is 0 Å².